The van der Waals surface area contributed by atoms with Gasteiger partial charge in [0.05, 0.1) is 27.5 Å². The average Bonchev–Trinajstić information content (AvgIpc) is 2.75. The van der Waals surface area contributed by atoms with E-state index in [2.05, 4.69) is 10.5 Å². The smallest absolute Gasteiger partial charge is 0.273 e. The fourth-order valence-electron chi connectivity index (χ4n) is 1.36. The van der Waals surface area contributed by atoms with Gasteiger partial charge in [0.1, 0.15) is 0 Å². The summed E-state index contributed by atoms with van der Waals surface area (Å²) in [7, 11) is 0. The van der Waals surface area contributed by atoms with Crippen molar-refractivity contribution in [1.29, 1.82) is 0 Å². The summed E-state index contributed by atoms with van der Waals surface area (Å²) in [5.41, 5.74) is 3.20. The molecule has 0 aliphatic rings. The van der Waals surface area contributed by atoms with Gasteiger partial charge >= 0.3 is 0 Å². The zero-order valence-electron chi connectivity index (χ0n) is 8.50. The number of anilines is 1. The lowest BCUT2D eigenvalue weighted by Gasteiger charge is -2.05. The largest absolute Gasteiger partial charge is 0.324 e. The van der Waals surface area contributed by atoms with Gasteiger partial charge in [0.25, 0.3) is 5.69 Å². The number of hydrazine groups is 1. The highest BCUT2D eigenvalue weighted by Gasteiger charge is 2.11. The normalized spacial score (nSPS) is 10.2. The number of nitro benzene ring substituents is 1. The van der Waals surface area contributed by atoms with Gasteiger partial charge in [-0.1, -0.05) is 11.6 Å². The van der Waals surface area contributed by atoms with Gasteiger partial charge in [0.2, 0.25) is 0 Å². The van der Waals surface area contributed by atoms with Crippen LogP contribution in [0.15, 0.2) is 30.6 Å². The van der Waals surface area contributed by atoms with E-state index in [4.69, 9.17) is 17.4 Å². The lowest BCUT2D eigenvalue weighted by Crippen LogP contribution is -2.08. The van der Waals surface area contributed by atoms with Crippen molar-refractivity contribution in [3.8, 4) is 5.69 Å². The van der Waals surface area contributed by atoms with Crippen molar-refractivity contribution >= 4 is 23.0 Å². The Labute approximate surface area is 101 Å². The molecule has 0 aliphatic carbocycles. The topological polar surface area (TPSA) is 99.0 Å². The maximum atomic E-state index is 10.7. The number of benzene rings is 1. The van der Waals surface area contributed by atoms with Gasteiger partial charge in [0, 0.05) is 18.3 Å². The monoisotopic (exact) mass is 253 g/mol. The lowest BCUT2D eigenvalue weighted by atomic mass is 10.2. The first-order chi connectivity index (χ1) is 8.10. The summed E-state index contributed by atoms with van der Waals surface area (Å²) in [5, 5.41) is 15.1. The molecule has 0 radical (unpaired) electrons. The molecule has 8 heteroatoms. The van der Waals surface area contributed by atoms with Crippen molar-refractivity contribution in [2.24, 2.45) is 5.84 Å². The van der Waals surface area contributed by atoms with E-state index in [9.17, 15) is 10.1 Å². The summed E-state index contributed by atoms with van der Waals surface area (Å²) >= 11 is 5.73. The first kappa shape index (κ1) is 11.4. The van der Waals surface area contributed by atoms with Crippen molar-refractivity contribution in [2.45, 2.75) is 0 Å². The zero-order valence-corrected chi connectivity index (χ0v) is 9.26. The van der Waals surface area contributed by atoms with E-state index in [-0.39, 0.29) is 5.69 Å². The summed E-state index contributed by atoms with van der Waals surface area (Å²) in [6, 6.07) is 4.33. The summed E-state index contributed by atoms with van der Waals surface area (Å²) in [6.45, 7) is 0. The fraction of sp³-hybridized carbons (Fsp3) is 0. The highest BCUT2D eigenvalue weighted by atomic mass is 35.5. The summed E-state index contributed by atoms with van der Waals surface area (Å²) < 4.78 is 1.43. The van der Waals surface area contributed by atoms with Crippen molar-refractivity contribution in [3.63, 3.8) is 0 Å². The molecule has 0 fully saturated rings. The Hall–Kier alpha value is -2.12. The molecule has 1 heterocycles. The highest BCUT2D eigenvalue weighted by molar-refractivity contribution is 6.30. The fourth-order valence-corrected chi connectivity index (χ4v) is 1.49. The van der Waals surface area contributed by atoms with Crippen LogP contribution in [0.1, 0.15) is 0 Å². The highest BCUT2D eigenvalue weighted by Crippen LogP contribution is 2.23. The third-order valence-corrected chi connectivity index (χ3v) is 2.29. The van der Waals surface area contributed by atoms with E-state index in [1.165, 1.54) is 23.0 Å². The van der Waals surface area contributed by atoms with Crippen LogP contribution in [-0.4, -0.2) is 14.7 Å². The van der Waals surface area contributed by atoms with Crippen LogP contribution in [-0.2, 0) is 0 Å². The van der Waals surface area contributed by atoms with Crippen LogP contribution < -0.4 is 11.3 Å². The zero-order chi connectivity index (χ0) is 12.4. The van der Waals surface area contributed by atoms with E-state index in [1.807, 2.05) is 0 Å². The van der Waals surface area contributed by atoms with E-state index in [1.54, 1.807) is 12.3 Å². The number of hydrogen-bond donors (Lipinski definition) is 2. The second-order valence-corrected chi connectivity index (χ2v) is 3.68. The molecule has 0 aliphatic heterocycles. The summed E-state index contributed by atoms with van der Waals surface area (Å²) in [5.74, 6) is 5.24. The molecule has 0 amide bonds. The maximum absolute atomic E-state index is 10.7. The van der Waals surface area contributed by atoms with Gasteiger partial charge in [0.15, 0.2) is 0 Å². The van der Waals surface area contributed by atoms with Crippen LogP contribution in [0.2, 0.25) is 5.02 Å². The van der Waals surface area contributed by atoms with E-state index < -0.39 is 4.92 Å². The second kappa shape index (κ2) is 4.40. The van der Waals surface area contributed by atoms with Crippen molar-refractivity contribution < 1.29 is 4.92 Å². The van der Waals surface area contributed by atoms with Crippen LogP contribution in [0.3, 0.4) is 0 Å². The van der Waals surface area contributed by atoms with E-state index in [0.29, 0.717) is 16.4 Å². The molecule has 0 saturated heterocycles. The SMILES string of the molecule is NNc1cc(-n2cc(Cl)cn2)cc([N+](=O)[O-])c1. The Kier molecular flexibility index (Phi) is 2.94. The van der Waals surface area contributed by atoms with Gasteiger partial charge in [-0.25, -0.2) is 4.68 Å². The Morgan fingerprint density at radius 3 is 2.76 bits per heavy atom. The number of nitrogen functional groups attached to an aromatic ring is 1. The predicted molar refractivity (Wildman–Crippen MR) is 63.0 cm³/mol. The molecule has 0 spiro atoms. The van der Waals surface area contributed by atoms with E-state index >= 15 is 0 Å². The predicted octanol–water partition coefficient (Wildman–Crippen LogP) is 1.72. The average molecular weight is 254 g/mol. The number of nitrogens with two attached hydrogens (primary N) is 1. The lowest BCUT2D eigenvalue weighted by molar-refractivity contribution is -0.384. The first-order valence-corrected chi connectivity index (χ1v) is 4.94. The number of aromatic nitrogens is 2. The molecule has 1 aromatic heterocycles. The number of nitrogens with zero attached hydrogens (tertiary/aromatic N) is 3. The summed E-state index contributed by atoms with van der Waals surface area (Å²) in [4.78, 5) is 10.2. The van der Waals surface area contributed by atoms with Crippen molar-refractivity contribution in [2.75, 3.05) is 5.43 Å². The molecule has 2 aromatic rings. The number of non-ortho nitro benzene ring substituents is 1. The third kappa shape index (κ3) is 2.35. The van der Waals surface area contributed by atoms with Crippen molar-refractivity contribution in [1.82, 2.24) is 9.78 Å². The minimum Gasteiger partial charge on any atom is -0.324 e. The quantitative estimate of drug-likeness (QED) is 0.493. The maximum Gasteiger partial charge on any atom is 0.273 e. The molecule has 88 valence electrons. The molecule has 17 heavy (non-hydrogen) atoms. The standard InChI is InChI=1S/C9H8ClN5O2/c10-6-4-12-14(5-6)8-1-7(13-11)2-9(3-8)15(16)17/h1-5,13H,11H2. The molecule has 0 unspecified atom stereocenters. The van der Waals surface area contributed by atoms with Gasteiger partial charge in [-0.3, -0.25) is 16.0 Å². The number of nitrogens with one attached hydrogen (secondary N) is 1. The van der Waals surface area contributed by atoms with Crippen LogP contribution >= 0.6 is 11.6 Å². The number of rotatable bonds is 3. The van der Waals surface area contributed by atoms with Crippen LogP contribution in [0.25, 0.3) is 5.69 Å². The minimum absolute atomic E-state index is 0.0814. The Balaban J connectivity index is 2.53. The number of nitro groups is 1. The molecule has 0 bridgehead atoms. The molecular formula is C9H8ClN5O2. The molecule has 1 aromatic carbocycles. The van der Waals surface area contributed by atoms with Crippen LogP contribution in [0.4, 0.5) is 11.4 Å². The molecule has 7 nitrogen and oxygen atoms in total. The Morgan fingerprint density at radius 2 is 2.24 bits per heavy atom. The first-order valence-electron chi connectivity index (χ1n) is 4.57. The summed E-state index contributed by atoms with van der Waals surface area (Å²) in [6.07, 6.45) is 2.98. The Morgan fingerprint density at radius 1 is 1.47 bits per heavy atom. The number of hydrogen-bond acceptors (Lipinski definition) is 5. The van der Waals surface area contributed by atoms with E-state index in [0.717, 1.165) is 0 Å². The molecular weight excluding hydrogens is 246 g/mol. The Bertz CT molecular complexity index is 568. The minimum atomic E-state index is -0.505. The number of halogens is 1. The molecule has 2 rings (SSSR count). The van der Waals surface area contributed by atoms with Gasteiger partial charge < -0.3 is 5.43 Å². The van der Waals surface area contributed by atoms with Crippen LogP contribution in [0.5, 0.6) is 0 Å². The molecule has 3 N–H and O–H groups in total. The van der Waals surface area contributed by atoms with Gasteiger partial charge in [-0.05, 0) is 6.07 Å². The van der Waals surface area contributed by atoms with Crippen molar-refractivity contribution in [3.05, 3.63) is 45.7 Å². The molecule has 0 atom stereocenters. The van der Waals surface area contributed by atoms with Gasteiger partial charge in [-0.2, -0.15) is 5.10 Å². The second-order valence-electron chi connectivity index (χ2n) is 3.24. The third-order valence-electron chi connectivity index (χ3n) is 2.10. The molecule has 0 saturated carbocycles. The van der Waals surface area contributed by atoms with Gasteiger partial charge in [-0.15, -0.1) is 0 Å². The van der Waals surface area contributed by atoms with Crippen LogP contribution in [0, 0.1) is 10.1 Å².